The minimum absolute atomic E-state index is 0.0202. The fourth-order valence-corrected chi connectivity index (χ4v) is 5.99. The molecule has 326 valence electrons. The highest BCUT2D eigenvalue weighted by atomic mass is 31.2. The zero-order chi connectivity index (χ0) is 42.1. The summed E-state index contributed by atoms with van der Waals surface area (Å²) in [6.45, 7) is 4.17. The van der Waals surface area contributed by atoms with Crippen LogP contribution in [0.2, 0.25) is 0 Å². The van der Waals surface area contributed by atoms with Gasteiger partial charge < -0.3 is 18.9 Å². The predicted octanol–water partition coefficient (Wildman–Crippen LogP) is 12.4. The first-order valence-corrected chi connectivity index (χ1v) is 23.3. The third kappa shape index (κ3) is 42.6. The van der Waals surface area contributed by atoms with Crippen LogP contribution in [0.5, 0.6) is 0 Å². The van der Waals surface area contributed by atoms with E-state index in [1.54, 1.807) is 0 Å². The first-order chi connectivity index (χ1) is 27.5. The van der Waals surface area contributed by atoms with Crippen LogP contribution >= 0.6 is 7.82 Å². The number of allylic oxidation sites excluding steroid dienone is 14. The van der Waals surface area contributed by atoms with Crippen LogP contribution in [-0.4, -0.2) is 74.9 Å². The van der Waals surface area contributed by atoms with E-state index in [-0.39, 0.29) is 26.1 Å². The second-order valence-electron chi connectivity index (χ2n) is 15.3. The lowest BCUT2D eigenvalue weighted by atomic mass is 10.1. The number of unbranched alkanes of at least 4 members (excludes halogenated alkanes) is 10. The first kappa shape index (κ1) is 54.2. The van der Waals surface area contributed by atoms with Gasteiger partial charge in [0.25, 0.3) is 0 Å². The summed E-state index contributed by atoms with van der Waals surface area (Å²) in [4.78, 5) is 35.3. The molecule has 9 nitrogen and oxygen atoms in total. The molecule has 0 aromatic rings. The summed E-state index contributed by atoms with van der Waals surface area (Å²) in [6, 6.07) is 0. The largest absolute Gasteiger partial charge is 0.472 e. The van der Waals surface area contributed by atoms with Crippen LogP contribution < -0.4 is 0 Å². The van der Waals surface area contributed by atoms with Crippen LogP contribution in [-0.2, 0) is 32.7 Å². The van der Waals surface area contributed by atoms with Gasteiger partial charge in [0.05, 0.1) is 27.7 Å². The van der Waals surface area contributed by atoms with Gasteiger partial charge in [-0.1, -0.05) is 137 Å². The van der Waals surface area contributed by atoms with Crippen molar-refractivity contribution in [2.45, 2.75) is 155 Å². The van der Waals surface area contributed by atoms with Crippen LogP contribution in [0.15, 0.2) is 85.1 Å². The van der Waals surface area contributed by atoms with Crippen molar-refractivity contribution in [1.29, 1.82) is 0 Å². The fourth-order valence-electron chi connectivity index (χ4n) is 5.25. The van der Waals surface area contributed by atoms with E-state index in [1.165, 1.54) is 6.42 Å². The van der Waals surface area contributed by atoms with Gasteiger partial charge in [-0.05, 0) is 83.5 Å². The Morgan fingerprint density at radius 2 is 1.00 bits per heavy atom. The smallest absolute Gasteiger partial charge is 0.462 e. The molecule has 0 saturated carbocycles. The van der Waals surface area contributed by atoms with E-state index in [9.17, 15) is 19.0 Å². The molecule has 0 bridgehead atoms. The quantitative estimate of drug-likeness (QED) is 0.0216. The van der Waals surface area contributed by atoms with Crippen LogP contribution in [0, 0.1) is 0 Å². The molecule has 57 heavy (non-hydrogen) atoms. The Morgan fingerprint density at radius 3 is 1.51 bits per heavy atom. The van der Waals surface area contributed by atoms with Gasteiger partial charge in [0.2, 0.25) is 0 Å². The molecule has 0 aliphatic heterocycles. The number of phosphoric ester groups is 1. The highest BCUT2D eigenvalue weighted by Crippen LogP contribution is 2.43. The molecule has 0 fully saturated rings. The van der Waals surface area contributed by atoms with Crippen molar-refractivity contribution in [2.75, 3.05) is 47.5 Å². The molecule has 0 amide bonds. The Bertz CT molecular complexity index is 1240. The van der Waals surface area contributed by atoms with Gasteiger partial charge >= 0.3 is 19.8 Å². The molecular formula is C47H81NO8P+. The number of quaternary nitrogens is 1. The van der Waals surface area contributed by atoms with Crippen LogP contribution in [0.4, 0.5) is 0 Å². The summed E-state index contributed by atoms with van der Waals surface area (Å²) in [7, 11) is 1.44. The molecule has 10 heteroatoms. The SMILES string of the molecule is CC/C=C\C/C=C\C/C=C\C/C=C\C/C=C\C/C=C\CCCCCCC(=O)OC(COC(=O)CCCCCCC/C=C\CCC)COP(=O)(O)OCC[N+](C)(C)C. The van der Waals surface area contributed by atoms with Gasteiger partial charge in [0.1, 0.15) is 19.8 Å². The third-order valence-corrected chi connectivity index (χ3v) is 9.62. The van der Waals surface area contributed by atoms with E-state index >= 15 is 0 Å². The number of hydrogen-bond acceptors (Lipinski definition) is 7. The van der Waals surface area contributed by atoms with E-state index in [2.05, 4.69) is 98.9 Å². The monoisotopic (exact) mass is 819 g/mol. The lowest BCUT2D eigenvalue weighted by Gasteiger charge is -2.24. The van der Waals surface area contributed by atoms with Crippen molar-refractivity contribution in [2.24, 2.45) is 0 Å². The Morgan fingerprint density at radius 1 is 0.561 bits per heavy atom. The fraction of sp³-hybridized carbons (Fsp3) is 0.660. The minimum atomic E-state index is -4.39. The molecule has 0 radical (unpaired) electrons. The third-order valence-electron chi connectivity index (χ3n) is 8.64. The van der Waals surface area contributed by atoms with E-state index in [0.29, 0.717) is 17.4 Å². The number of esters is 2. The second kappa shape index (κ2) is 38.7. The summed E-state index contributed by atoms with van der Waals surface area (Å²) >= 11 is 0. The summed E-state index contributed by atoms with van der Waals surface area (Å²) < 4.78 is 34.2. The summed E-state index contributed by atoms with van der Waals surface area (Å²) in [5.41, 5.74) is 0. The maximum atomic E-state index is 12.7. The number of hydrogen-bond donors (Lipinski definition) is 1. The van der Waals surface area contributed by atoms with E-state index < -0.39 is 32.5 Å². The Balaban J connectivity index is 4.39. The maximum Gasteiger partial charge on any atom is 0.472 e. The number of likely N-dealkylation sites (N-methyl/N-ethyl adjacent to an activating group) is 1. The van der Waals surface area contributed by atoms with Crippen molar-refractivity contribution in [1.82, 2.24) is 0 Å². The van der Waals surface area contributed by atoms with Crippen LogP contribution in [0.25, 0.3) is 0 Å². The van der Waals surface area contributed by atoms with E-state index in [4.69, 9.17) is 18.5 Å². The number of nitrogens with zero attached hydrogens (tertiary/aromatic N) is 1. The molecule has 0 heterocycles. The zero-order valence-electron chi connectivity index (χ0n) is 36.5. The lowest BCUT2D eigenvalue weighted by Crippen LogP contribution is -2.37. The van der Waals surface area contributed by atoms with Crippen molar-refractivity contribution in [3.8, 4) is 0 Å². The van der Waals surface area contributed by atoms with Crippen LogP contribution in [0.3, 0.4) is 0 Å². The molecule has 0 aromatic carbocycles. The number of carbonyl (C=O) groups excluding carboxylic acids is 2. The van der Waals surface area contributed by atoms with Gasteiger partial charge in [-0.3, -0.25) is 18.6 Å². The number of phosphoric acid groups is 1. The maximum absolute atomic E-state index is 12.7. The normalized spacial score (nSPS) is 14.4. The summed E-state index contributed by atoms with van der Waals surface area (Å²) in [5, 5.41) is 0. The Hall–Kier alpha value is -2.81. The average Bonchev–Trinajstić information content (AvgIpc) is 3.16. The zero-order valence-corrected chi connectivity index (χ0v) is 37.4. The van der Waals surface area contributed by atoms with Crippen molar-refractivity contribution < 1.29 is 42.1 Å². The van der Waals surface area contributed by atoms with Gasteiger partial charge in [-0.25, -0.2) is 4.57 Å². The highest BCUT2D eigenvalue weighted by molar-refractivity contribution is 7.47. The molecular weight excluding hydrogens is 737 g/mol. The molecule has 0 spiro atoms. The second-order valence-corrected chi connectivity index (χ2v) is 16.8. The van der Waals surface area contributed by atoms with Gasteiger partial charge in [-0.15, -0.1) is 0 Å². The number of carbonyl (C=O) groups is 2. The van der Waals surface area contributed by atoms with Crippen LogP contribution in [0.1, 0.15) is 149 Å². The molecule has 2 unspecified atom stereocenters. The van der Waals surface area contributed by atoms with Gasteiger partial charge in [0, 0.05) is 12.8 Å². The summed E-state index contributed by atoms with van der Waals surface area (Å²) in [6.07, 6.45) is 49.2. The van der Waals surface area contributed by atoms with Crippen molar-refractivity contribution in [3.63, 3.8) is 0 Å². The number of rotatable bonds is 38. The first-order valence-electron chi connectivity index (χ1n) is 21.8. The summed E-state index contributed by atoms with van der Waals surface area (Å²) in [5.74, 6) is -0.850. The molecule has 0 aliphatic rings. The standard InChI is InChI=1S/C47H80NO8P/c1-6-8-10-12-14-16-18-19-20-21-22-23-24-25-26-27-28-29-30-32-34-36-38-40-47(50)56-45(44-55-57(51,52)54-42-41-48(3,4)5)43-53-46(49)39-37-35-33-31-17-15-13-11-9-7-2/h8,10-11,13-14,16,19-20,22-23,25-26,28-29,45H,6-7,9,12,15,17-18,21,24,27,30-44H2,1-5H3/p+1/b10-8-,13-11-,16-14-,20-19-,23-22-,26-25-,29-28-. The Labute approximate surface area is 348 Å². The van der Waals surface area contributed by atoms with Gasteiger partial charge in [0.15, 0.2) is 6.10 Å². The minimum Gasteiger partial charge on any atom is -0.462 e. The van der Waals surface area contributed by atoms with Crippen molar-refractivity contribution >= 4 is 19.8 Å². The van der Waals surface area contributed by atoms with Gasteiger partial charge in [-0.2, -0.15) is 0 Å². The van der Waals surface area contributed by atoms with Crippen molar-refractivity contribution in [3.05, 3.63) is 85.1 Å². The molecule has 2 atom stereocenters. The average molecular weight is 819 g/mol. The molecule has 0 aliphatic carbocycles. The van der Waals surface area contributed by atoms with E-state index in [0.717, 1.165) is 109 Å². The topological polar surface area (TPSA) is 108 Å². The highest BCUT2D eigenvalue weighted by Gasteiger charge is 2.27. The molecule has 0 rings (SSSR count). The molecule has 1 N–H and O–H groups in total. The predicted molar refractivity (Wildman–Crippen MR) is 238 cm³/mol. The lowest BCUT2D eigenvalue weighted by molar-refractivity contribution is -0.870. The Kier molecular flexibility index (Phi) is 36.8. The van der Waals surface area contributed by atoms with E-state index in [1.807, 2.05) is 21.1 Å². The molecule has 0 aromatic heterocycles. The number of ether oxygens (including phenoxy) is 2. The molecule has 0 saturated heterocycles.